The van der Waals surface area contributed by atoms with Gasteiger partial charge in [0.25, 0.3) is 5.91 Å². The molecule has 2 aliphatic rings. The third-order valence-electron chi connectivity index (χ3n) is 6.96. The summed E-state index contributed by atoms with van der Waals surface area (Å²) in [7, 11) is 2.89. The number of nitrogens with zero attached hydrogens (tertiary/aromatic N) is 4. The summed E-state index contributed by atoms with van der Waals surface area (Å²) in [4.78, 5) is 43.1. The van der Waals surface area contributed by atoms with Crippen molar-refractivity contribution in [2.24, 2.45) is 0 Å². The van der Waals surface area contributed by atoms with Crippen LogP contribution in [0.2, 0.25) is 0 Å². The predicted octanol–water partition coefficient (Wildman–Crippen LogP) is 3.18. The van der Waals surface area contributed by atoms with Crippen molar-refractivity contribution in [1.82, 2.24) is 19.3 Å². The molecule has 8 nitrogen and oxygen atoms in total. The number of methoxy groups -OCH3 is 1. The number of hydrogen-bond acceptors (Lipinski definition) is 5. The topological polar surface area (TPSA) is 75.1 Å². The summed E-state index contributed by atoms with van der Waals surface area (Å²) in [6, 6.07) is 6.29. The fourth-order valence-electron chi connectivity index (χ4n) is 4.99. The summed E-state index contributed by atoms with van der Waals surface area (Å²) in [5.74, 6) is -0.674. The molecular weight excluding hydrogens is 464 g/mol. The Bertz CT molecular complexity index is 1220. The fraction of sp³-hybridized carbons (Fsp3) is 0.462. The van der Waals surface area contributed by atoms with E-state index in [0.717, 1.165) is 54.3 Å². The second kappa shape index (κ2) is 10.2. The number of aryl methyl sites for hydroxylation is 1. The smallest absolute Gasteiger partial charge is 0.325 e. The van der Waals surface area contributed by atoms with Crippen molar-refractivity contribution in [3.05, 3.63) is 41.2 Å². The number of aromatic nitrogens is 1. The van der Waals surface area contributed by atoms with E-state index in [1.54, 1.807) is 13.1 Å². The zero-order chi connectivity index (χ0) is 25.3. The van der Waals surface area contributed by atoms with Gasteiger partial charge in [0.05, 0.1) is 12.6 Å². The van der Waals surface area contributed by atoms with Crippen LogP contribution in [-0.2, 0) is 32.1 Å². The van der Waals surface area contributed by atoms with Gasteiger partial charge in [-0.2, -0.15) is 0 Å². The molecule has 1 aromatic carbocycles. The zero-order valence-electron chi connectivity index (χ0n) is 20.7. The molecule has 1 aromatic heterocycles. The second-order valence-corrected chi connectivity index (χ2v) is 9.51. The van der Waals surface area contributed by atoms with Gasteiger partial charge in [0.15, 0.2) is 5.11 Å². The summed E-state index contributed by atoms with van der Waals surface area (Å²) in [5, 5.41) is 1.20. The van der Waals surface area contributed by atoms with Gasteiger partial charge < -0.3 is 19.1 Å². The average Bonchev–Trinajstić information content (AvgIpc) is 3.30. The molecule has 2 aromatic rings. The van der Waals surface area contributed by atoms with Gasteiger partial charge in [0, 0.05) is 36.8 Å². The first-order chi connectivity index (χ1) is 16.8. The molecule has 4 rings (SSSR count). The third-order valence-corrected chi connectivity index (χ3v) is 7.46. The van der Waals surface area contributed by atoms with Crippen molar-refractivity contribution in [3.8, 4) is 0 Å². The lowest BCUT2D eigenvalue weighted by Gasteiger charge is -2.33. The highest BCUT2D eigenvalue weighted by atomic mass is 32.1. The molecule has 2 amide bonds. The monoisotopic (exact) mass is 496 g/mol. The summed E-state index contributed by atoms with van der Waals surface area (Å²) in [5.41, 5.74) is 3.22. The number of likely N-dealkylation sites (N-methyl/N-ethyl adjacent to an activating group) is 1. The van der Waals surface area contributed by atoms with Crippen LogP contribution in [-0.4, -0.2) is 75.5 Å². The molecule has 2 aliphatic heterocycles. The number of hydrogen-bond donors (Lipinski definition) is 0. The lowest BCUT2D eigenvalue weighted by molar-refractivity contribution is -0.140. The number of piperidine rings is 1. The first-order valence-corrected chi connectivity index (χ1v) is 12.5. The van der Waals surface area contributed by atoms with Gasteiger partial charge in [0.1, 0.15) is 18.8 Å². The summed E-state index contributed by atoms with van der Waals surface area (Å²) in [6.07, 6.45) is 7.71. The number of rotatable bonds is 6. The molecule has 0 bridgehead atoms. The highest BCUT2D eigenvalue weighted by Crippen LogP contribution is 2.30. The molecule has 1 atom stereocenters. The van der Waals surface area contributed by atoms with Crippen LogP contribution in [0.3, 0.4) is 0 Å². The van der Waals surface area contributed by atoms with Gasteiger partial charge in [-0.25, -0.2) is 0 Å². The van der Waals surface area contributed by atoms with E-state index in [-0.39, 0.29) is 36.1 Å². The maximum Gasteiger partial charge on any atom is 0.325 e. The number of likely N-dealkylation sites (tertiary alicyclic amines) is 1. The number of para-hydroxylation sites is 1. The van der Waals surface area contributed by atoms with Gasteiger partial charge >= 0.3 is 5.97 Å². The molecule has 9 heteroatoms. The Hall–Kier alpha value is -3.20. The lowest BCUT2D eigenvalue weighted by atomic mass is 10.0. The quantitative estimate of drug-likeness (QED) is 0.347. The van der Waals surface area contributed by atoms with Crippen LogP contribution in [0.1, 0.15) is 44.2 Å². The Morgan fingerprint density at radius 3 is 2.69 bits per heavy atom. The van der Waals surface area contributed by atoms with E-state index < -0.39 is 5.97 Å². The number of thiocarbonyl (C=S) groups is 1. The number of fused-ring (bicyclic) bond motifs is 1. The Balaban J connectivity index is 1.77. The number of esters is 1. The van der Waals surface area contributed by atoms with Crippen LogP contribution in [0.4, 0.5) is 0 Å². The molecule has 35 heavy (non-hydrogen) atoms. The standard InChI is InChI=1S/C26H32N4O4S/c1-5-18-10-8-11-20-19(13-21-25(33)27(3)26(35)30(21)16-23(32)34-4)14-28(24(18)20)15-22(31)29-12-7-6-9-17(29)2/h8,10-11,13-14,17H,5-7,9,12,15-16H2,1-4H3/b21-13-/t17-/m1/s1. The normalized spacial score (nSPS) is 19.8. The van der Waals surface area contributed by atoms with E-state index in [9.17, 15) is 14.4 Å². The van der Waals surface area contributed by atoms with Crippen LogP contribution in [0, 0.1) is 0 Å². The van der Waals surface area contributed by atoms with E-state index in [2.05, 4.69) is 19.9 Å². The van der Waals surface area contributed by atoms with Gasteiger partial charge in [-0.1, -0.05) is 25.1 Å². The van der Waals surface area contributed by atoms with Crippen molar-refractivity contribution in [2.45, 2.75) is 52.1 Å². The van der Waals surface area contributed by atoms with Crippen molar-refractivity contribution in [2.75, 3.05) is 27.2 Å². The van der Waals surface area contributed by atoms with Crippen molar-refractivity contribution >= 4 is 52.1 Å². The van der Waals surface area contributed by atoms with E-state index in [0.29, 0.717) is 5.70 Å². The molecule has 186 valence electrons. The van der Waals surface area contributed by atoms with Crippen molar-refractivity contribution < 1.29 is 19.1 Å². The predicted molar refractivity (Wildman–Crippen MR) is 138 cm³/mol. The average molecular weight is 497 g/mol. The summed E-state index contributed by atoms with van der Waals surface area (Å²) in [6.45, 7) is 5.07. The molecule has 3 heterocycles. The van der Waals surface area contributed by atoms with Crippen LogP contribution in [0.5, 0.6) is 0 Å². The molecule has 0 N–H and O–H groups in total. The first kappa shape index (κ1) is 24.9. The minimum absolute atomic E-state index is 0.101. The van der Waals surface area contributed by atoms with E-state index in [1.807, 2.05) is 27.8 Å². The third kappa shape index (κ3) is 4.69. The van der Waals surface area contributed by atoms with E-state index >= 15 is 0 Å². The molecule has 0 radical (unpaired) electrons. The number of ether oxygens (including phenoxy) is 1. The second-order valence-electron chi connectivity index (χ2n) is 9.15. The minimum atomic E-state index is -0.488. The van der Waals surface area contributed by atoms with E-state index in [1.165, 1.54) is 16.9 Å². The number of carbonyl (C=O) groups excluding carboxylic acids is 3. The Morgan fingerprint density at radius 1 is 1.23 bits per heavy atom. The zero-order valence-corrected chi connectivity index (χ0v) is 21.6. The van der Waals surface area contributed by atoms with Crippen molar-refractivity contribution in [1.29, 1.82) is 0 Å². The highest BCUT2D eigenvalue weighted by Gasteiger charge is 2.37. The largest absolute Gasteiger partial charge is 0.468 e. The maximum atomic E-state index is 13.3. The van der Waals surface area contributed by atoms with Crippen LogP contribution >= 0.6 is 12.2 Å². The highest BCUT2D eigenvalue weighted by molar-refractivity contribution is 7.80. The van der Waals surface area contributed by atoms with Crippen molar-refractivity contribution in [3.63, 3.8) is 0 Å². The fourth-order valence-corrected chi connectivity index (χ4v) is 5.23. The first-order valence-electron chi connectivity index (χ1n) is 12.0. The Morgan fingerprint density at radius 2 is 2.00 bits per heavy atom. The van der Waals surface area contributed by atoms with Gasteiger partial charge in [-0.05, 0) is 56.5 Å². The maximum absolute atomic E-state index is 13.3. The number of amides is 2. The van der Waals surface area contributed by atoms with Gasteiger partial charge in [-0.3, -0.25) is 19.3 Å². The lowest BCUT2D eigenvalue weighted by Crippen LogP contribution is -2.43. The Kier molecular flexibility index (Phi) is 7.25. The van der Waals surface area contributed by atoms with E-state index in [4.69, 9.17) is 17.0 Å². The van der Waals surface area contributed by atoms with Gasteiger partial charge in [-0.15, -0.1) is 0 Å². The summed E-state index contributed by atoms with van der Waals surface area (Å²) < 4.78 is 6.80. The van der Waals surface area contributed by atoms with Crippen LogP contribution < -0.4 is 0 Å². The molecule has 0 saturated carbocycles. The molecule has 2 saturated heterocycles. The molecule has 0 unspecified atom stereocenters. The molecular formula is C26H32N4O4S. The minimum Gasteiger partial charge on any atom is -0.468 e. The van der Waals surface area contributed by atoms with Crippen LogP contribution in [0.25, 0.3) is 17.0 Å². The molecule has 0 spiro atoms. The molecule has 2 fully saturated rings. The van der Waals surface area contributed by atoms with Crippen LogP contribution in [0.15, 0.2) is 30.1 Å². The number of carbonyl (C=O) groups is 3. The number of benzene rings is 1. The van der Waals surface area contributed by atoms with Gasteiger partial charge in [0.2, 0.25) is 5.91 Å². The Labute approximate surface area is 211 Å². The molecule has 0 aliphatic carbocycles. The SMILES string of the molecule is CCc1cccc2c(/C=C3/C(=O)N(C)C(=S)N3CC(=O)OC)cn(CC(=O)N3CCCC[C@H]3C)c12. The summed E-state index contributed by atoms with van der Waals surface area (Å²) >= 11 is 5.41.